The quantitative estimate of drug-likeness (QED) is 0.884. The van der Waals surface area contributed by atoms with E-state index in [0.717, 1.165) is 17.8 Å². The van der Waals surface area contributed by atoms with Crippen LogP contribution in [0.2, 0.25) is 0 Å². The molecule has 1 aromatic carbocycles. The van der Waals surface area contributed by atoms with Crippen LogP contribution in [0.5, 0.6) is 5.75 Å². The first kappa shape index (κ1) is 12.7. The molecule has 108 valence electrons. The molecule has 3 aliphatic rings. The maximum Gasteiger partial charge on any atom is 0.115 e. The number of hydrogen-bond donors (Lipinski definition) is 2. The zero-order valence-electron chi connectivity index (χ0n) is 12.0. The van der Waals surface area contributed by atoms with Gasteiger partial charge in [0.15, 0.2) is 0 Å². The van der Waals surface area contributed by atoms with Crippen LogP contribution in [-0.4, -0.2) is 42.7 Å². The molecule has 0 radical (unpaired) electrons. The first-order valence-corrected chi connectivity index (χ1v) is 8.03. The van der Waals surface area contributed by atoms with Crippen molar-refractivity contribution in [1.29, 1.82) is 0 Å². The first-order valence-electron chi connectivity index (χ1n) is 8.03. The minimum absolute atomic E-state index is 0.406. The lowest BCUT2D eigenvalue weighted by Crippen LogP contribution is -2.35. The zero-order valence-corrected chi connectivity index (χ0v) is 12.0. The van der Waals surface area contributed by atoms with E-state index in [9.17, 15) is 5.11 Å². The number of phenolic OH excluding ortho intramolecular Hbond substituents is 1. The van der Waals surface area contributed by atoms with E-state index in [0.29, 0.717) is 11.7 Å². The summed E-state index contributed by atoms with van der Waals surface area (Å²) >= 11 is 0. The predicted molar refractivity (Wildman–Crippen MR) is 79.9 cm³/mol. The summed E-state index contributed by atoms with van der Waals surface area (Å²) in [6.45, 7) is 6.29. The highest BCUT2D eigenvalue weighted by Gasteiger charge is 2.52. The Morgan fingerprint density at radius 1 is 1.15 bits per heavy atom. The molecule has 0 bridgehead atoms. The van der Waals surface area contributed by atoms with Crippen molar-refractivity contribution in [3.05, 3.63) is 29.8 Å². The summed E-state index contributed by atoms with van der Waals surface area (Å²) in [7, 11) is 0. The lowest BCUT2D eigenvalue weighted by atomic mass is 9.89. The number of aromatic hydroxyl groups is 1. The summed E-state index contributed by atoms with van der Waals surface area (Å²) in [6, 6.07) is 7.84. The largest absolute Gasteiger partial charge is 0.508 e. The fraction of sp³-hybridized carbons (Fsp3) is 0.647. The van der Waals surface area contributed by atoms with Gasteiger partial charge in [-0.3, -0.25) is 0 Å². The molecule has 2 aliphatic heterocycles. The Hall–Kier alpha value is -1.06. The Balaban J connectivity index is 1.30. The Morgan fingerprint density at radius 2 is 1.90 bits per heavy atom. The predicted octanol–water partition coefficient (Wildman–Crippen LogP) is 2.04. The van der Waals surface area contributed by atoms with Gasteiger partial charge in [-0.1, -0.05) is 12.1 Å². The molecule has 0 amide bonds. The van der Waals surface area contributed by atoms with Crippen LogP contribution in [0.4, 0.5) is 0 Å². The lowest BCUT2D eigenvalue weighted by Gasteiger charge is -2.32. The van der Waals surface area contributed by atoms with Crippen LogP contribution in [0.1, 0.15) is 24.3 Å². The normalized spacial score (nSPS) is 34.1. The van der Waals surface area contributed by atoms with Gasteiger partial charge in [-0.15, -0.1) is 0 Å². The topological polar surface area (TPSA) is 35.5 Å². The van der Waals surface area contributed by atoms with E-state index >= 15 is 0 Å². The minimum atomic E-state index is 0.406. The summed E-state index contributed by atoms with van der Waals surface area (Å²) in [5, 5.41) is 13.1. The van der Waals surface area contributed by atoms with Crippen LogP contribution in [0, 0.1) is 17.8 Å². The standard InChI is InChI=1S/C17H24N2O/c20-14-3-1-2-13(8-14)12-4-6-19(7-5-12)11-17-15-9-18-10-16(15)17/h1-3,8,12,15-18,20H,4-7,9-11H2/t15-,16+,17?. The van der Waals surface area contributed by atoms with E-state index < -0.39 is 0 Å². The number of likely N-dealkylation sites (tertiary alicyclic amines) is 1. The van der Waals surface area contributed by atoms with Gasteiger partial charge in [0.05, 0.1) is 0 Å². The third-order valence-electron chi connectivity index (χ3n) is 5.67. The molecule has 2 heterocycles. The highest BCUT2D eigenvalue weighted by Crippen LogP contribution is 2.49. The average molecular weight is 272 g/mol. The maximum atomic E-state index is 9.60. The van der Waals surface area contributed by atoms with Gasteiger partial charge in [0.1, 0.15) is 5.75 Å². The van der Waals surface area contributed by atoms with Crippen LogP contribution >= 0.6 is 0 Å². The fourth-order valence-electron chi connectivity index (χ4n) is 4.34. The molecule has 1 aliphatic carbocycles. The summed E-state index contributed by atoms with van der Waals surface area (Å²) in [5.74, 6) is 3.99. The number of piperidine rings is 2. The van der Waals surface area contributed by atoms with Crippen molar-refractivity contribution in [2.24, 2.45) is 17.8 Å². The SMILES string of the molecule is Oc1cccc(C2CCN(CC3[C@H]4CNC[C@@H]34)CC2)c1. The van der Waals surface area contributed by atoms with E-state index in [1.165, 1.54) is 51.1 Å². The van der Waals surface area contributed by atoms with Crippen molar-refractivity contribution in [3.8, 4) is 5.75 Å². The van der Waals surface area contributed by atoms with Crippen LogP contribution in [-0.2, 0) is 0 Å². The molecule has 3 fully saturated rings. The molecule has 2 saturated heterocycles. The molecule has 4 rings (SSSR count). The minimum Gasteiger partial charge on any atom is -0.508 e. The maximum absolute atomic E-state index is 9.60. The molecule has 0 aromatic heterocycles. The molecule has 1 saturated carbocycles. The first-order chi connectivity index (χ1) is 9.81. The van der Waals surface area contributed by atoms with Gasteiger partial charge in [-0.05, 0) is 80.4 Å². The molecule has 1 unspecified atom stereocenters. The number of benzene rings is 1. The van der Waals surface area contributed by atoms with E-state index in [4.69, 9.17) is 0 Å². The van der Waals surface area contributed by atoms with Crippen molar-refractivity contribution < 1.29 is 5.11 Å². The molecule has 1 aromatic rings. The molecular weight excluding hydrogens is 248 g/mol. The van der Waals surface area contributed by atoms with Gasteiger partial charge < -0.3 is 15.3 Å². The highest BCUT2D eigenvalue weighted by atomic mass is 16.3. The van der Waals surface area contributed by atoms with Crippen LogP contribution in [0.25, 0.3) is 0 Å². The van der Waals surface area contributed by atoms with Crippen molar-refractivity contribution in [1.82, 2.24) is 10.2 Å². The average Bonchev–Trinajstić information content (AvgIpc) is 2.90. The van der Waals surface area contributed by atoms with Crippen molar-refractivity contribution >= 4 is 0 Å². The van der Waals surface area contributed by atoms with Crippen LogP contribution in [0.3, 0.4) is 0 Å². The van der Waals surface area contributed by atoms with Crippen LogP contribution < -0.4 is 5.32 Å². The van der Waals surface area contributed by atoms with E-state index in [1.807, 2.05) is 12.1 Å². The Morgan fingerprint density at radius 3 is 2.60 bits per heavy atom. The van der Waals surface area contributed by atoms with Gasteiger partial charge >= 0.3 is 0 Å². The van der Waals surface area contributed by atoms with Gasteiger partial charge in [0.25, 0.3) is 0 Å². The second-order valence-corrected chi connectivity index (χ2v) is 6.82. The number of nitrogens with zero attached hydrogens (tertiary/aromatic N) is 1. The van der Waals surface area contributed by atoms with Crippen molar-refractivity contribution in [2.45, 2.75) is 18.8 Å². The number of rotatable bonds is 3. The number of fused-ring (bicyclic) bond motifs is 1. The number of hydrogen-bond acceptors (Lipinski definition) is 3. The summed E-state index contributed by atoms with van der Waals surface area (Å²) in [5.41, 5.74) is 1.32. The Kier molecular flexibility index (Phi) is 3.20. The monoisotopic (exact) mass is 272 g/mol. The third-order valence-corrected chi connectivity index (χ3v) is 5.67. The molecule has 3 atom stereocenters. The lowest BCUT2D eigenvalue weighted by molar-refractivity contribution is 0.197. The summed E-state index contributed by atoms with van der Waals surface area (Å²) < 4.78 is 0. The van der Waals surface area contributed by atoms with Crippen LogP contribution in [0.15, 0.2) is 24.3 Å². The Labute approximate surface area is 121 Å². The van der Waals surface area contributed by atoms with Gasteiger partial charge in [-0.25, -0.2) is 0 Å². The molecule has 20 heavy (non-hydrogen) atoms. The zero-order chi connectivity index (χ0) is 13.5. The fourth-order valence-corrected chi connectivity index (χ4v) is 4.34. The van der Waals surface area contributed by atoms with E-state index in [2.05, 4.69) is 16.3 Å². The molecule has 3 nitrogen and oxygen atoms in total. The van der Waals surface area contributed by atoms with E-state index in [-0.39, 0.29) is 0 Å². The van der Waals surface area contributed by atoms with Crippen molar-refractivity contribution in [3.63, 3.8) is 0 Å². The third kappa shape index (κ3) is 2.33. The second kappa shape index (κ2) is 5.05. The molecular formula is C17H24N2O. The molecule has 3 heteroatoms. The highest BCUT2D eigenvalue weighted by molar-refractivity contribution is 5.30. The summed E-state index contributed by atoms with van der Waals surface area (Å²) in [4.78, 5) is 2.67. The number of nitrogens with one attached hydrogen (secondary N) is 1. The Bertz CT molecular complexity index is 472. The molecule has 0 spiro atoms. The smallest absolute Gasteiger partial charge is 0.115 e. The summed E-state index contributed by atoms with van der Waals surface area (Å²) in [6.07, 6.45) is 2.48. The van der Waals surface area contributed by atoms with E-state index in [1.54, 1.807) is 6.07 Å². The number of phenols is 1. The van der Waals surface area contributed by atoms with Gasteiger partial charge in [-0.2, -0.15) is 0 Å². The van der Waals surface area contributed by atoms with Gasteiger partial charge in [0, 0.05) is 6.54 Å². The molecule has 2 N–H and O–H groups in total. The van der Waals surface area contributed by atoms with Crippen molar-refractivity contribution in [2.75, 3.05) is 32.7 Å². The second-order valence-electron chi connectivity index (χ2n) is 6.82. The van der Waals surface area contributed by atoms with Gasteiger partial charge in [0.2, 0.25) is 0 Å².